The predicted molar refractivity (Wildman–Crippen MR) is 76.2 cm³/mol. The Hall–Kier alpha value is -0.0800. The highest BCUT2D eigenvalue weighted by Crippen LogP contribution is 2.45. The topological polar surface area (TPSA) is 29.3 Å². The number of nitrogens with zero attached hydrogens (tertiary/aromatic N) is 1. The van der Waals surface area contributed by atoms with Gasteiger partial charge in [0.15, 0.2) is 0 Å². The Kier molecular flexibility index (Phi) is 5.94. The predicted octanol–water partition coefficient (Wildman–Crippen LogP) is 3.40. The molecule has 2 N–H and O–H groups in total. The monoisotopic (exact) mass is 240 g/mol. The minimum Gasteiger partial charge on any atom is -0.329 e. The van der Waals surface area contributed by atoms with Crippen LogP contribution in [0.3, 0.4) is 0 Å². The standard InChI is InChI=1S/C15H32N2/c1-5-8-11-17(13(4)6-2)15(7-3,12-16)14-9-10-14/h13-14H,5-12,16H2,1-4H3. The number of hydrogen-bond acceptors (Lipinski definition) is 2. The zero-order chi connectivity index (χ0) is 12.9. The third-order valence-electron chi connectivity index (χ3n) is 4.75. The first-order valence-electron chi connectivity index (χ1n) is 7.63. The number of nitrogens with two attached hydrogens (primary N) is 1. The van der Waals surface area contributed by atoms with Crippen molar-refractivity contribution in [1.82, 2.24) is 4.90 Å². The molecule has 0 aromatic heterocycles. The molecule has 0 amide bonds. The summed E-state index contributed by atoms with van der Waals surface area (Å²) >= 11 is 0. The van der Waals surface area contributed by atoms with Gasteiger partial charge in [-0.1, -0.05) is 27.2 Å². The van der Waals surface area contributed by atoms with Crippen molar-refractivity contribution >= 4 is 0 Å². The second kappa shape index (κ2) is 6.75. The molecule has 0 aromatic rings. The van der Waals surface area contributed by atoms with Crippen LogP contribution in [0, 0.1) is 5.92 Å². The summed E-state index contributed by atoms with van der Waals surface area (Å²) in [5.41, 5.74) is 6.48. The van der Waals surface area contributed by atoms with E-state index >= 15 is 0 Å². The maximum Gasteiger partial charge on any atom is 0.0360 e. The summed E-state index contributed by atoms with van der Waals surface area (Å²) in [6.07, 6.45) is 7.81. The van der Waals surface area contributed by atoms with Crippen LogP contribution >= 0.6 is 0 Å². The van der Waals surface area contributed by atoms with E-state index in [1.807, 2.05) is 0 Å². The molecular formula is C15H32N2. The molecule has 17 heavy (non-hydrogen) atoms. The molecule has 2 atom stereocenters. The Balaban J connectivity index is 2.82. The Morgan fingerprint density at radius 2 is 1.94 bits per heavy atom. The van der Waals surface area contributed by atoms with E-state index in [-0.39, 0.29) is 0 Å². The molecule has 2 unspecified atom stereocenters. The lowest BCUT2D eigenvalue weighted by molar-refractivity contribution is 0.0295. The van der Waals surface area contributed by atoms with Gasteiger partial charge in [0.2, 0.25) is 0 Å². The molecule has 0 aliphatic heterocycles. The van der Waals surface area contributed by atoms with Crippen LogP contribution < -0.4 is 5.73 Å². The van der Waals surface area contributed by atoms with Crippen molar-refractivity contribution in [3.63, 3.8) is 0 Å². The van der Waals surface area contributed by atoms with E-state index in [1.54, 1.807) is 0 Å². The average Bonchev–Trinajstić information content (AvgIpc) is 3.18. The van der Waals surface area contributed by atoms with Gasteiger partial charge in [-0.3, -0.25) is 4.90 Å². The highest BCUT2D eigenvalue weighted by atomic mass is 15.2. The van der Waals surface area contributed by atoms with E-state index in [0.717, 1.165) is 12.5 Å². The molecule has 0 saturated heterocycles. The summed E-state index contributed by atoms with van der Waals surface area (Å²) in [6.45, 7) is 11.3. The van der Waals surface area contributed by atoms with E-state index in [9.17, 15) is 0 Å². The number of hydrogen-bond donors (Lipinski definition) is 1. The van der Waals surface area contributed by atoms with Crippen LogP contribution in [0.5, 0.6) is 0 Å². The van der Waals surface area contributed by atoms with E-state index in [0.29, 0.717) is 11.6 Å². The van der Waals surface area contributed by atoms with Gasteiger partial charge in [-0.25, -0.2) is 0 Å². The van der Waals surface area contributed by atoms with Gasteiger partial charge >= 0.3 is 0 Å². The first-order valence-corrected chi connectivity index (χ1v) is 7.63. The molecule has 0 bridgehead atoms. The fraction of sp³-hybridized carbons (Fsp3) is 1.00. The highest BCUT2D eigenvalue weighted by molar-refractivity contribution is 5.03. The molecule has 2 heteroatoms. The SMILES string of the molecule is CCCCN(C(C)CC)C(CC)(CN)C1CC1. The minimum atomic E-state index is 0.296. The second-order valence-corrected chi connectivity index (χ2v) is 5.74. The van der Waals surface area contributed by atoms with Crippen LogP contribution in [0.1, 0.15) is 66.2 Å². The molecule has 1 aliphatic carbocycles. The van der Waals surface area contributed by atoms with E-state index in [2.05, 4.69) is 32.6 Å². The molecule has 102 valence electrons. The van der Waals surface area contributed by atoms with Gasteiger partial charge < -0.3 is 5.73 Å². The Labute approximate surface area is 108 Å². The quantitative estimate of drug-likeness (QED) is 0.669. The van der Waals surface area contributed by atoms with Gasteiger partial charge in [0.05, 0.1) is 0 Å². The van der Waals surface area contributed by atoms with Crippen molar-refractivity contribution < 1.29 is 0 Å². The smallest absolute Gasteiger partial charge is 0.0360 e. The lowest BCUT2D eigenvalue weighted by Crippen LogP contribution is -2.58. The lowest BCUT2D eigenvalue weighted by atomic mass is 9.86. The van der Waals surface area contributed by atoms with Crippen molar-refractivity contribution in [3.05, 3.63) is 0 Å². The van der Waals surface area contributed by atoms with E-state index < -0.39 is 0 Å². The normalized spacial score (nSPS) is 21.5. The van der Waals surface area contributed by atoms with Crippen molar-refractivity contribution in [2.24, 2.45) is 11.7 Å². The number of unbranched alkanes of at least 4 members (excludes halogenated alkanes) is 1. The van der Waals surface area contributed by atoms with Crippen LogP contribution in [0.4, 0.5) is 0 Å². The minimum absolute atomic E-state index is 0.296. The van der Waals surface area contributed by atoms with E-state index in [4.69, 9.17) is 5.73 Å². The first kappa shape index (κ1) is 15.0. The van der Waals surface area contributed by atoms with Crippen molar-refractivity contribution in [2.45, 2.75) is 77.8 Å². The second-order valence-electron chi connectivity index (χ2n) is 5.74. The summed E-state index contributed by atoms with van der Waals surface area (Å²) in [5.74, 6) is 0.864. The largest absolute Gasteiger partial charge is 0.329 e. The molecule has 0 aromatic carbocycles. The molecule has 2 nitrogen and oxygen atoms in total. The molecule has 0 heterocycles. The highest BCUT2D eigenvalue weighted by Gasteiger charge is 2.47. The third kappa shape index (κ3) is 3.23. The van der Waals surface area contributed by atoms with Gasteiger partial charge in [-0.2, -0.15) is 0 Å². The fourth-order valence-corrected chi connectivity index (χ4v) is 3.21. The zero-order valence-electron chi connectivity index (χ0n) is 12.3. The number of rotatable bonds is 9. The van der Waals surface area contributed by atoms with Gasteiger partial charge in [-0.15, -0.1) is 0 Å². The Morgan fingerprint density at radius 3 is 2.29 bits per heavy atom. The summed E-state index contributed by atoms with van der Waals surface area (Å²) in [5, 5.41) is 0. The molecule has 1 aliphatic rings. The van der Waals surface area contributed by atoms with Gasteiger partial charge in [0.25, 0.3) is 0 Å². The van der Waals surface area contributed by atoms with Crippen LogP contribution in [0.2, 0.25) is 0 Å². The maximum absolute atomic E-state index is 6.18. The zero-order valence-corrected chi connectivity index (χ0v) is 12.3. The first-order chi connectivity index (χ1) is 8.16. The Morgan fingerprint density at radius 1 is 1.29 bits per heavy atom. The van der Waals surface area contributed by atoms with Crippen molar-refractivity contribution in [2.75, 3.05) is 13.1 Å². The summed E-state index contributed by atoms with van der Waals surface area (Å²) in [6, 6.07) is 0.672. The molecular weight excluding hydrogens is 208 g/mol. The van der Waals surface area contributed by atoms with Gasteiger partial charge in [0.1, 0.15) is 0 Å². The van der Waals surface area contributed by atoms with Gasteiger partial charge in [0, 0.05) is 18.1 Å². The average molecular weight is 240 g/mol. The molecule has 1 rings (SSSR count). The van der Waals surface area contributed by atoms with Crippen molar-refractivity contribution in [3.8, 4) is 0 Å². The molecule has 0 radical (unpaired) electrons. The summed E-state index contributed by atoms with van der Waals surface area (Å²) < 4.78 is 0. The lowest BCUT2D eigenvalue weighted by Gasteiger charge is -2.47. The molecule has 1 saturated carbocycles. The van der Waals surface area contributed by atoms with Crippen LogP contribution in [0.25, 0.3) is 0 Å². The maximum atomic E-state index is 6.18. The van der Waals surface area contributed by atoms with Gasteiger partial charge in [-0.05, 0) is 51.5 Å². The molecule has 0 spiro atoms. The fourth-order valence-electron chi connectivity index (χ4n) is 3.21. The summed E-state index contributed by atoms with van der Waals surface area (Å²) in [4.78, 5) is 2.74. The van der Waals surface area contributed by atoms with Crippen molar-refractivity contribution in [1.29, 1.82) is 0 Å². The van der Waals surface area contributed by atoms with Crippen LogP contribution in [-0.2, 0) is 0 Å². The third-order valence-corrected chi connectivity index (χ3v) is 4.75. The van der Waals surface area contributed by atoms with Crippen LogP contribution in [0.15, 0.2) is 0 Å². The van der Waals surface area contributed by atoms with Crippen LogP contribution in [-0.4, -0.2) is 29.6 Å². The Bertz CT molecular complexity index is 207. The summed E-state index contributed by atoms with van der Waals surface area (Å²) in [7, 11) is 0. The van der Waals surface area contributed by atoms with E-state index in [1.165, 1.54) is 45.1 Å². The molecule has 1 fully saturated rings.